The van der Waals surface area contributed by atoms with Crippen LogP contribution in [0.2, 0.25) is 0 Å². The number of nitrogens with zero attached hydrogens (tertiary/aromatic N) is 3. The topological polar surface area (TPSA) is 217 Å². The molecule has 5 N–H and O–H groups in total. The van der Waals surface area contributed by atoms with E-state index in [1.807, 2.05) is 35.6 Å². The maximum Gasteiger partial charge on any atom is 0.322 e. The molecular weight excluding hydrogens is 634 g/mol. The Morgan fingerprint density at radius 3 is 2.16 bits per heavy atom. The number of nitrogens with one attached hydrogen (secondary N) is 4. The highest BCUT2D eigenvalue weighted by molar-refractivity contribution is 6.38. The third kappa shape index (κ3) is 10.1. The summed E-state index contributed by atoms with van der Waals surface area (Å²) in [5.74, 6) is -7.13. The largest absolute Gasteiger partial charge is 0.480 e. The van der Waals surface area contributed by atoms with Gasteiger partial charge in [0.25, 0.3) is 11.8 Å². The highest BCUT2D eigenvalue weighted by atomic mass is 16.4. The number of rotatable bonds is 16. The molecule has 15 heteroatoms. The number of benzene rings is 1. The first-order valence-corrected chi connectivity index (χ1v) is 16.3. The van der Waals surface area contributed by atoms with E-state index in [4.69, 9.17) is 5.11 Å². The molecule has 0 bridgehead atoms. The zero-order valence-electron chi connectivity index (χ0n) is 28.3. The summed E-state index contributed by atoms with van der Waals surface area (Å²) in [6.45, 7) is 8.15. The third-order valence-electron chi connectivity index (χ3n) is 8.27. The van der Waals surface area contributed by atoms with Crippen molar-refractivity contribution in [2.24, 2.45) is 11.8 Å². The van der Waals surface area contributed by atoms with Crippen LogP contribution < -0.4 is 21.3 Å². The van der Waals surface area contributed by atoms with Gasteiger partial charge in [0.1, 0.15) is 30.4 Å². The van der Waals surface area contributed by atoms with Gasteiger partial charge in [-0.1, -0.05) is 71.4 Å². The first-order valence-electron chi connectivity index (χ1n) is 16.3. The average molecular weight is 680 g/mol. The molecule has 1 saturated heterocycles. The molecule has 1 aromatic carbocycles. The Morgan fingerprint density at radius 1 is 0.918 bits per heavy atom. The Kier molecular flexibility index (Phi) is 13.9. The molecule has 1 aliphatic heterocycles. The molecular formula is C34H45N7O8. The second kappa shape index (κ2) is 17.8. The van der Waals surface area contributed by atoms with Gasteiger partial charge < -0.3 is 31.3 Å². The van der Waals surface area contributed by atoms with Crippen LogP contribution in [0.5, 0.6) is 0 Å². The van der Waals surface area contributed by atoms with Gasteiger partial charge in [-0.2, -0.15) is 0 Å². The lowest BCUT2D eigenvalue weighted by Gasteiger charge is -2.34. The van der Waals surface area contributed by atoms with E-state index in [-0.39, 0.29) is 24.6 Å². The molecule has 0 aliphatic carbocycles. The maximum atomic E-state index is 14.3. The number of likely N-dealkylation sites (tertiary alicyclic amines) is 1. The van der Waals surface area contributed by atoms with Gasteiger partial charge in [-0.25, -0.2) is 4.98 Å². The maximum absolute atomic E-state index is 14.3. The fourth-order valence-corrected chi connectivity index (χ4v) is 5.73. The van der Waals surface area contributed by atoms with Gasteiger partial charge in [0.15, 0.2) is 0 Å². The Balaban J connectivity index is 1.89. The summed E-state index contributed by atoms with van der Waals surface area (Å²) in [6, 6.07) is 4.65. The fourth-order valence-electron chi connectivity index (χ4n) is 5.73. The summed E-state index contributed by atoms with van der Waals surface area (Å²) < 4.78 is 0. The lowest BCUT2D eigenvalue weighted by Crippen LogP contribution is -2.60. The number of aromatic nitrogens is 2. The van der Waals surface area contributed by atoms with Gasteiger partial charge in [0.2, 0.25) is 23.5 Å². The Labute approximate surface area is 285 Å². The zero-order valence-corrected chi connectivity index (χ0v) is 28.3. The van der Waals surface area contributed by atoms with Crippen LogP contribution >= 0.6 is 0 Å². The van der Waals surface area contributed by atoms with Gasteiger partial charge in [-0.05, 0) is 30.2 Å². The van der Waals surface area contributed by atoms with E-state index in [2.05, 4.69) is 25.9 Å². The van der Waals surface area contributed by atoms with Crippen molar-refractivity contribution in [3.8, 4) is 0 Å². The van der Waals surface area contributed by atoms with Crippen LogP contribution in [0.15, 0.2) is 48.9 Å². The Morgan fingerprint density at radius 2 is 1.59 bits per heavy atom. The number of carboxylic acids is 1. The van der Waals surface area contributed by atoms with E-state index >= 15 is 0 Å². The molecule has 3 rings (SSSR count). The highest BCUT2D eigenvalue weighted by Gasteiger charge is 2.46. The molecule has 5 atom stereocenters. The third-order valence-corrected chi connectivity index (χ3v) is 8.27. The first-order chi connectivity index (χ1) is 23.3. The van der Waals surface area contributed by atoms with Crippen molar-refractivity contribution in [2.75, 3.05) is 13.1 Å². The highest BCUT2D eigenvalue weighted by Crippen LogP contribution is 2.35. The minimum absolute atomic E-state index is 0.0227. The van der Waals surface area contributed by atoms with E-state index in [1.54, 1.807) is 34.6 Å². The minimum atomic E-state index is -1.33. The fraction of sp³-hybridized carbons (Fsp3) is 0.500. The van der Waals surface area contributed by atoms with Crippen molar-refractivity contribution < 1.29 is 38.7 Å². The summed E-state index contributed by atoms with van der Waals surface area (Å²) in [7, 11) is 0. The lowest BCUT2D eigenvalue weighted by atomic mass is 9.90. The second-order valence-electron chi connectivity index (χ2n) is 12.6. The van der Waals surface area contributed by atoms with Crippen LogP contribution in [0.1, 0.15) is 75.9 Å². The quantitative estimate of drug-likeness (QED) is 0.157. The number of ketones is 1. The SMILES string of the molecule is CCCC(NC(=O)[C@@H]1C(c2ccccc2)CCN1C(=O)[C@@H](NC(=O)[C@@H](NC(=O)c1cnccn1)C(C)C)C(C)C)C(=O)C(=O)NCC(=O)O. The predicted molar refractivity (Wildman–Crippen MR) is 177 cm³/mol. The lowest BCUT2D eigenvalue weighted by molar-refractivity contribution is -0.145. The van der Waals surface area contributed by atoms with Crippen LogP contribution in [-0.4, -0.2) is 98.5 Å². The summed E-state index contributed by atoms with van der Waals surface area (Å²) >= 11 is 0. The van der Waals surface area contributed by atoms with E-state index < -0.39 is 83.8 Å². The summed E-state index contributed by atoms with van der Waals surface area (Å²) in [5, 5.41) is 19.0. The van der Waals surface area contributed by atoms with Crippen molar-refractivity contribution in [2.45, 2.75) is 84.0 Å². The summed E-state index contributed by atoms with van der Waals surface area (Å²) in [6.07, 6.45) is 4.96. The van der Waals surface area contributed by atoms with Crippen LogP contribution in [-0.2, 0) is 28.8 Å². The monoisotopic (exact) mass is 679 g/mol. The van der Waals surface area contributed by atoms with Gasteiger partial charge in [0, 0.05) is 24.9 Å². The van der Waals surface area contributed by atoms with Crippen molar-refractivity contribution in [1.82, 2.24) is 36.1 Å². The van der Waals surface area contributed by atoms with Crippen LogP contribution in [0.3, 0.4) is 0 Å². The summed E-state index contributed by atoms with van der Waals surface area (Å²) in [4.78, 5) is 100. The standard InChI is InChI=1S/C34H45N7O8/c1-6-10-23(29(44)33(48)37-18-25(42)43)38-32(47)28-22(21-11-8-7-9-12-21)13-16-41(28)34(49)27(20(4)5)40-31(46)26(19(2)3)39-30(45)24-17-35-14-15-36-24/h7-9,11-12,14-15,17,19-20,22-23,26-28H,6,10,13,16,18H2,1-5H3,(H,37,48)(H,38,47)(H,39,45)(H,40,46)(H,42,43)/t22?,23?,26-,27-,28-/m0/s1. The molecule has 0 spiro atoms. The van der Waals surface area contributed by atoms with Crippen molar-refractivity contribution in [3.63, 3.8) is 0 Å². The van der Waals surface area contributed by atoms with Crippen molar-refractivity contribution in [3.05, 3.63) is 60.2 Å². The van der Waals surface area contributed by atoms with Gasteiger partial charge in [-0.3, -0.25) is 38.5 Å². The number of hydrogen-bond acceptors (Lipinski definition) is 9. The molecule has 1 fully saturated rings. The zero-order chi connectivity index (χ0) is 36.2. The molecule has 2 heterocycles. The number of Topliss-reactive ketones (excluding diaryl/α,β-unsaturated/α-hetero) is 1. The molecule has 264 valence electrons. The van der Waals surface area contributed by atoms with Crippen molar-refractivity contribution >= 4 is 41.3 Å². The molecule has 1 aromatic heterocycles. The number of carboxylic acid groups (broad SMARTS) is 1. The van der Waals surface area contributed by atoms with Gasteiger partial charge in [0.05, 0.1) is 12.2 Å². The number of hydrogen-bond donors (Lipinski definition) is 5. The molecule has 15 nitrogen and oxygen atoms in total. The van der Waals surface area contributed by atoms with Gasteiger partial charge in [-0.15, -0.1) is 0 Å². The van der Waals surface area contributed by atoms with E-state index in [0.29, 0.717) is 12.8 Å². The number of amides is 5. The predicted octanol–water partition coefficient (Wildman–Crippen LogP) is 0.811. The number of carbonyl (C=O) groups is 7. The molecule has 2 unspecified atom stereocenters. The van der Waals surface area contributed by atoms with Crippen LogP contribution in [0.4, 0.5) is 0 Å². The second-order valence-corrected chi connectivity index (χ2v) is 12.6. The van der Waals surface area contributed by atoms with E-state index in [0.717, 1.165) is 5.56 Å². The first kappa shape index (κ1) is 38.2. The Hall–Kier alpha value is -5.21. The molecule has 49 heavy (non-hydrogen) atoms. The molecule has 0 saturated carbocycles. The minimum Gasteiger partial charge on any atom is -0.480 e. The Bertz CT molecular complexity index is 1500. The molecule has 1 aliphatic rings. The molecule has 2 aromatic rings. The van der Waals surface area contributed by atoms with Crippen LogP contribution in [0, 0.1) is 11.8 Å². The van der Waals surface area contributed by atoms with Crippen molar-refractivity contribution in [1.29, 1.82) is 0 Å². The van der Waals surface area contributed by atoms with E-state index in [9.17, 15) is 33.6 Å². The smallest absolute Gasteiger partial charge is 0.322 e. The number of carbonyl (C=O) groups excluding carboxylic acids is 6. The summed E-state index contributed by atoms with van der Waals surface area (Å²) in [5.41, 5.74) is 0.807. The van der Waals surface area contributed by atoms with Gasteiger partial charge >= 0.3 is 5.97 Å². The van der Waals surface area contributed by atoms with Crippen LogP contribution in [0.25, 0.3) is 0 Å². The normalized spacial score (nSPS) is 17.5. The van der Waals surface area contributed by atoms with E-state index in [1.165, 1.54) is 23.5 Å². The molecule has 0 radical (unpaired) electrons. The number of aliphatic carboxylic acids is 1. The average Bonchev–Trinajstić information content (AvgIpc) is 3.53. The molecule has 5 amide bonds.